The predicted octanol–water partition coefficient (Wildman–Crippen LogP) is 2.82. The van der Waals surface area contributed by atoms with Crippen molar-refractivity contribution in [2.45, 2.75) is 24.3 Å². The van der Waals surface area contributed by atoms with Gasteiger partial charge in [0.25, 0.3) is 5.22 Å². The minimum Gasteiger partial charge on any atom is -0.493 e. The van der Waals surface area contributed by atoms with Gasteiger partial charge < -0.3 is 13.9 Å². The number of benzene rings is 1. The molecule has 0 radical (unpaired) electrons. The van der Waals surface area contributed by atoms with Crippen LogP contribution < -0.4 is 9.47 Å². The van der Waals surface area contributed by atoms with Crippen LogP contribution in [0.4, 0.5) is 0 Å². The van der Waals surface area contributed by atoms with E-state index in [2.05, 4.69) is 10.2 Å². The Kier molecular flexibility index (Phi) is 4.85. The van der Waals surface area contributed by atoms with Crippen molar-refractivity contribution in [3.8, 4) is 23.0 Å². The van der Waals surface area contributed by atoms with Crippen LogP contribution in [0.15, 0.2) is 27.8 Å². The van der Waals surface area contributed by atoms with Gasteiger partial charge in [-0.15, -0.1) is 10.2 Å². The summed E-state index contributed by atoms with van der Waals surface area (Å²) in [5.74, 6) is 1.64. The summed E-state index contributed by atoms with van der Waals surface area (Å²) >= 11 is 1.24. The average Bonchev–Trinajstić information content (AvgIpc) is 2.94. The van der Waals surface area contributed by atoms with Gasteiger partial charge in [0.05, 0.1) is 19.5 Å². The third-order valence-corrected chi connectivity index (χ3v) is 3.94. The van der Waals surface area contributed by atoms with Gasteiger partial charge in [0.1, 0.15) is 5.78 Å². The highest BCUT2D eigenvalue weighted by Crippen LogP contribution is 2.33. The van der Waals surface area contributed by atoms with Gasteiger partial charge in [0.2, 0.25) is 5.89 Å². The largest absolute Gasteiger partial charge is 0.493 e. The van der Waals surface area contributed by atoms with Gasteiger partial charge in [-0.05, 0) is 32.0 Å². The molecule has 0 aliphatic rings. The Morgan fingerprint density at radius 2 is 1.95 bits per heavy atom. The fourth-order valence-electron chi connectivity index (χ4n) is 1.58. The molecular weight excluding hydrogens is 292 g/mol. The molecule has 0 aliphatic heterocycles. The first kappa shape index (κ1) is 15.4. The number of methoxy groups -OCH3 is 2. The standard InChI is InChI=1S/C14H16N2O4S/c1-8(17)9(2)21-14-16-15-13(20-14)10-5-6-11(18-3)12(7-10)19-4/h5-7,9H,1-4H3. The van der Waals surface area contributed by atoms with Crippen molar-refractivity contribution in [2.75, 3.05) is 14.2 Å². The Labute approximate surface area is 126 Å². The molecule has 2 aromatic rings. The molecule has 0 amide bonds. The number of carbonyl (C=O) groups excluding carboxylic acids is 1. The number of rotatable bonds is 6. The van der Waals surface area contributed by atoms with E-state index in [1.165, 1.54) is 18.7 Å². The van der Waals surface area contributed by atoms with E-state index in [1.54, 1.807) is 39.3 Å². The summed E-state index contributed by atoms with van der Waals surface area (Å²) in [6.45, 7) is 3.33. The van der Waals surface area contributed by atoms with Crippen LogP contribution in [-0.4, -0.2) is 35.5 Å². The first-order valence-electron chi connectivity index (χ1n) is 6.28. The van der Waals surface area contributed by atoms with Crippen molar-refractivity contribution in [1.82, 2.24) is 10.2 Å². The molecule has 6 nitrogen and oxygen atoms in total. The summed E-state index contributed by atoms with van der Waals surface area (Å²) in [6.07, 6.45) is 0. The van der Waals surface area contributed by atoms with Crippen molar-refractivity contribution < 1.29 is 18.7 Å². The van der Waals surface area contributed by atoms with Gasteiger partial charge in [-0.25, -0.2) is 0 Å². The van der Waals surface area contributed by atoms with E-state index in [4.69, 9.17) is 13.9 Å². The molecule has 1 heterocycles. The van der Waals surface area contributed by atoms with Crippen LogP contribution in [0.25, 0.3) is 11.5 Å². The molecule has 2 rings (SSSR count). The first-order valence-corrected chi connectivity index (χ1v) is 7.16. The number of hydrogen-bond donors (Lipinski definition) is 0. The van der Waals surface area contributed by atoms with E-state index < -0.39 is 0 Å². The summed E-state index contributed by atoms with van der Waals surface area (Å²) in [6, 6.07) is 5.33. The summed E-state index contributed by atoms with van der Waals surface area (Å²) in [7, 11) is 3.13. The van der Waals surface area contributed by atoms with E-state index >= 15 is 0 Å². The van der Waals surface area contributed by atoms with Crippen molar-refractivity contribution in [3.05, 3.63) is 18.2 Å². The van der Waals surface area contributed by atoms with Crippen LogP contribution in [-0.2, 0) is 4.79 Å². The number of ketones is 1. The number of nitrogens with zero attached hydrogens (tertiary/aromatic N) is 2. The van der Waals surface area contributed by atoms with Gasteiger partial charge >= 0.3 is 0 Å². The zero-order valence-electron chi connectivity index (χ0n) is 12.2. The normalized spacial score (nSPS) is 12.0. The summed E-state index contributed by atoms with van der Waals surface area (Å²) in [5.41, 5.74) is 0.725. The lowest BCUT2D eigenvalue weighted by Crippen LogP contribution is -2.07. The number of hydrogen-bond acceptors (Lipinski definition) is 7. The lowest BCUT2D eigenvalue weighted by atomic mass is 10.2. The molecule has 1 unspecified atom stereocenters. The molecule has 1 aromatic carbocycles. The highest BCUT2D eigenvalue weighted by Gasteiger charge is 2.16. The Bertz CT molecular complexity index is 642. The SMILES string of the molecule is COc1ccc(-c2nnc(SC(C)C(C)=O)o2)cc1OC. The number of aromatic nitrogens is 2. The van der Waals surface area contributed by atoms with Crippen LogP contribution in [0.5, 0.6) is 11.5 Å². The molecular formula is C14H16N2O4S. The molecule has 0 spiro atoms. The van der Waals surface area contributed by atoms with Gasteiger partial charge in [-0.2, -0.15) is 0 Å². The van der Waals surface area contributed by atoms with E-state index in [0.29, 0.717) is 22.6 Å². The number of carbonyl (C=O) groups is 1. The van der Waals surface area contributed by atoms with Gasteiger partial charge in [0, 0.05) is 5.56 Å². The molecule has 0 saturated carbocycles. The first-order chi connectivity index (χ1) is 10.0. The lowest BCUT2D eigenvalue weighted by molar-refractivity contribution is -0.116. The van der Waals surface area contributed by atoms with Gasteiger partial charge in [0.15, 0.2) is 11.5 Å². The van der Waals surface area contributed by atoms with E-state index in [0.717, 1.165) is 5.56 Å². The molecule has 7 heteroatoms. The number of Topliss-reactive ketones (excluding diaryl/α,β-unsaturated/α-hetero) is 1. The fourth-order valence-corrected chi connectivity index (χ4v) is 2.26. The lowest BCUT2D eigenvalue weighted by Gasteiger charge is -2.07. The Balaban J connectivity index is 2.23. The predicted molar refractivity (Wildman–Crippen MR) is 78.8 cm³/mol. The quantitative estimate of drug-likeness (QED) is 0.759. The van der Waals surface area contributed by atoms with Crippen molar-refractivity contribution in [2.24, 2.45) is 0 Å². The second-order valence-corrected chi connectivity index (χ2v) is 5.61. The molecule has 0 saturated heterocycles. The van der Waals surface area contributed by atoms with Gasteiger partial charge in [-0.3, -0.25) is 4.79 Å². The molecule has 21 heavy (non-hydrogen) atoms. The smallest absolute Gasteiger partial charge is 0.277 e. The van der Waals surface area contributed by atoms with Crippen molar-refractivity contribution in [1.29, 1.82) is 0 Å². The minimum absolute atomic E-state index is 0.0610. The Hall–Kier alpha value is -2.02. The molecule has 112 valence electrons. The fraction of sp³-hybridized carbons (Fsp3) is 0.357. The second kappa shape index (κ2) is 6.62. The van der Waals surface area contributed by atoms with Crippen molar-refractivity contribution >= 4 is 17.5 Å². The summed E-state index contributed by atoms with van der Waals surface area (Å²) < 4.78 is 16.0. The zero-order valence-corrected chi connectivity index (χ0v) is 13.1. The van der Waals surface area contributed by atoms with Gasteiger partial charge in [-0.1, -0.05) is 11.8 Å². The third kappa shape index (κ3) is 3.55. The topological polar surface area (TPSA) is 74.5 Å². The molecule has 0 bridgehead atoms. The molecule has 0 fully saturated rings. The van der Waals surface area contributed by atoms with Crippen molar-refractivity contribution in [3.63, 3.8) is 0 Å². The molecule has 1 atom stereocenters. The minimum atomic E-state index is -0.219. The maximum Gasteiger partial charge on any atom is 0.277 e. The van der Waals surface area contributed by atoms with E-state index in [1.807, 2.05) is 0 Å². The molecule has 0 N–H and O–H groups in total. The summed E-state index contributed by atoms with van der Waals surface area (Å²) in [5, 5.41) is 8.06. The van der Waals surface area contributed by atoms with Crippen LogP contribution in [0, 0.1) is 0 Å². The number of thioether (sulfide) groups is 1. The third-order valence-electron chi connectivity index (χ3n) is 2.89. The maximum absolute atomic E-state index is 11.2. The molecule has 1 aromatic heterocycles. The highest BCUT2D eigenvalue weighted by molar-refractivity contribution is 8.00. The highest BCUT2D eigenvalue weighted by atomic mass is 32.2. The van der Waals surface area contributed by atoms with Crippen LogP contribution in [0.3, 0.4) is 0 Å². The van der Waals surface area contributed by atoms with E-state index in [-0.39, 0.29) is 11.0 Å². The second-order valence-electron chi connectivity index (χ2n) is 4.31. The van der Waals surface area contributed by atoms with Crippen LogP contribution >= 0.6 is 11.8 Å². The molecule has 0 aliphatic carbocycles. The van der Waals surface area contributed by atoms with Crippen LogP contribution in [0.1, 0.15) is 13.8 Å². The van der Waals surface area contributed by atoms with Crippen LogP contribution in [0.2, 0.25) is 0 Å². The maximum atomic E-state index is 11.2. The average molecular weight is 308 g/mol. The summed E-state index contributed by atoms with van der Waals surface area (Å²) in [4.78, 5) is 11.2. The number of ether oxygens (including phenoxy) is 2. The van der Waals surface area contributed by atoms with E-state index in [9.17, 15) is 4.79 Å². The Morgan fingerprint density at radius 1 is 1.24 bits per heavy atom. The monoisotopic (exact) mass is 308 g/mol. The Morgan fingerprint density at radius 3 is 2.57 bits per heavy atom. The zero-order chi connectivity index (χ0) is 15.4.